The van der Waals surface area contributed by atoms with E-state index in [2.05, 4.69) is 106 Å². The van der Waals surface area contributed by atoms with E-state index < -0.39 is 0 Å². The summed E-state index contributed by atoms with van der Waals surface area (Å²) in [5, 5.41) is 0. The summed E-state index contributed by atoms with van der Waals surface area (Å²) in [5.74, 6) is 1.73. The molecule has 0 atom stereocenters. The molecule has 162 valence electrons. The Morgan fingerprint density at radius 3 is 0.933 bits per heavy atom. The van der Waals surface area contributed by atoms with Crippen LogP contribution >= 0.6 is 0 Å². The molecule has 30 heavy (non-hydrogen) atoms. The first-order chi connectivity index (χ1) is 14.0. The van der Waals surface area contributed by atoms with E-state index in [-0.39, 0.29) is 0 Å². The third-order valence-corrected chi connectivity index (χ3v) is 5.77. The Morgan fingerprint density at radius 2 is 0.733 bits per heavy atom. The van der Waals surface area contributed by atoms with Crippen LogP contribution in [0.2, 0.25) is 0 Å². The number of hydrogen-bond donors (Lipinski definition) is 0. The molecule has 0 bridgehead atoms. The highest BCUT2D eigenvalue weighted by atomic mass is 14.8. The van der Waals surface area contributed by atoms with Crippen LogP contribution in [-0.4, -0.2) is 11.4 Å². The highest BCUT2D eigenvalue weighted by molar-refractivity contribution is 6.41. The fourth-order valence-electron chi connectivity index (χ4n) is 3.78. The van der Waals surface area contributed by atoms with E-state index in [1.807, 2.05) is 0 Å². The number of para-hydroxylation sites is 2. The molecule has 0 heterocycles. The Hall–Kier alpha value is -2.22. The van der Waals surface area contributed by atoms with Gasteiger partial charge in [-0.3, -0.25) is 9.98 Å². The van der Waals surface area contributed by atoms with Crippen LogP contribution in [0.15, 0.2) is 46.4 Å². The van der Waals surface area contributed by atoms with Crippen LogP contribution in [0.25, 0.3) is 0 Å². The van der Waals surface area contributed by atoms with Crippen molar-refractivity contribution < 1.29 is 0 Å². The van der Waals surface area contributed by atoms with Crippen LogP contribution in [-0.2, 0) is 0 Å². The third kappa shape index (κ3) is 5.47. The molecule has 0 saturated carbocycles. The first kappa shape index (κ1) is 24.1. The van der Waals surface area contributed by atoms with Crippen LogP contribution in [0.4, 0.5) is 11.4 Å². The maximum absolute atomic E-state index is 5.13. The topological polar surface area (TPSA) is 24.7 Å². The minimum absolute atomic E-state index is 0.432. The summed E-state index contributed by atoms with van der Waals surface area (Å²) in [7, 11) is 0. The van der Waals surface area contributed by atoms with E-state index in [4.69, 9.17) is 9.98 Å². The van der Waals surface area contributed by atoms with E-state index in [1.165, 1.54) is 22.3 Å². The minimum atomic E-state index is 0.432. The van der Waals surface area contributed by atoms with Gasteiger partial charge in [0.2, 0.25) is 0 Å². The van der Waals surface area contributed by atoms with Gasteiger partial charge < -0.3 is 0 Å². The molecule has 2 rings (SSSR count). The lowest BCUT2D eigenvalue weighted by molar-refractivity contribution is 0.834. The van der Waals surface area contributed by atoms with E-state index in [0.717, 1.165) is 22.8 Å². The van der Waals surface area contributed by atoms with Gasteiger partial charge in [0.05, 0.1) is 22.8 Å². The predicted molar refractivity (Wildman–Crippen MR) is 135 cm³/mol. The van der Waals surface area contributed by atoms with Gasteiger partial charge in [-0.1, -0.05) is 91.8 Å². The van der Waals surface area contributed by atoms with Gasteiger partial charge in [0.25, 0.3) is 0 Å². The maximum Gasteiger partial charge on any atom is 0.0702 e. The summed E-state index contributed by atoms with van der Waals surface area (Å²) in [6.45, 7) is 22.1. The average Bonchev–Trinajstić information content (AvgIpc) is 2.67. The van der Waals surface area contributed by atoms with Crippen LogP contribution < -0.4 is 0 Å². The molecular formula is C28H40N2. The van der Waals surface area contributed by atoms with Gasteiger partial charge >= 0.3 is 0 Å². The average molecular weight is 405 g/mol. The standard InChI is InChI=1S/C28H40N2/c1-17(2)23-13-11-14-24(18(3)4)27(23)29-21(9)22(10)30-28-25(19(5)6)15-12-16-26(28)20(7)8/h11-20H,1-10H3. The summed E-state index contributed by atoms with van der Waals surface area (Å²) in [6.07, 6.45) is 0. The van der Waals surface area contributed by atoms with Gasteiger partial charge in [-0.15, -0.1) is 0 Å². The second-order valence-electron chi connectivity index (χ2n) is 9.58. The second-order valence-corrected chi connectivity index (χ2v) is 9.58. The molecule has 0 N–H and O–H groups in total. The zero-order chi connectivity index (χ0) is 22.6. The van der Waals surface area contributed by atoms with Gasteiger partial charge in [0.1, 0.15) is 0 Å². The van der Waals surface area contributed by atoms with E-state index >= 15 is 0 Å². The molecule has 0 fully saturated rings. The molecule has 2 nitrogen and oxygen atoms in total. The monoisotopic (exact) mass is 404 g/mol. The quantitative estimate of drug-likeness (QED) is 0.411. The normalized spacial score (nSPS) is 13.3. The van der Waals surface area contributed by atoms with Gasteiger partial charge in [-0.25, -0.2) is 0 Å². The summed E-state index contributed by atoms with van der Waals surface area (Å²) in [6, 6.07) is 13.2. The van der Waals surface area contributed by atoms with Crippen LogP contribution in [0.1, 0.15) is 115 Å². The number of rotatable bonds is 7. The van der Waals surface area contributed by atoms with Crippen molar-refractivity contribution in [2.75, 3.05) is 0 Å². The molecular weight excluding hydrogens is 364 g/mol. The molecule has 0 unspecified atom stereocenters. The molecule has 0 saturated heterocycles. The third-order valence-electron chi connectivity index (χ3n) is 5.77. The van der Waals surface area contributed by atoms with Crippen molar-refractivity contribution >= 4 is 22.8 Å². The SMILES string of the molecule is CC(=Nc1c(C(C)C)cccc1C(C)C)C(C)=Nc1c(C(C)C)cccc1C(C)C. The fraction of sp³-hybridized carbons (Fsp3) is 0.500. The maximum atomic E-state index is 5.13. The lowest BCUT2D eigenvalue weighted by Crippen LogP contribution is -2.07. The summed E-state index contributed by atoms with van der Waals surface area (Å²) >= 11 is 0. The molecule has 0 aliphatic rings. The molecule has 0 aromatic heterocycles. The largest absolute Gasteiger partial charge is 0.251 e. The van der Waals surface area contributed by atoms with E-state index in [1.54, 1.807) is 0 Å². The number of benzene rings is 2. The van der Waals surface area contributed by atoms with E-state index in [9.17, 15) is 0 Å². The lowest BCUT2D eigenvalue weighted by Gasteiger charge is -2.18. The Kier molecular flexibility index (Phi) is 8.18. The van der Waals surface area contributed by atoms with Crippen molar-refractivity contribution in [3.8, 4) is 0 Å². The summed E-state index contributed by atoms with van der Waals surface area (Å²) in [5.41, 5.74) is 9.43. The zero-order valence-electron chi connectivity index (χ0n) is 20.7. The van der Waals surface area contributed by atoms with Crippen molar-refractivity contribution in [3.05, 3.63) is 58.7 Å². The van der Waals surface area contributed by atoms with Crippen LogP contribution in [0.3, 0.4) is 0 Å². The Bertz CT molecular complexity index is 798. The first-order valence-electron chi connectivity index (χ1n) is 11.4. The number of hydrogen-bond acceptors (Lipinski definition) is 2. The number of nitrogens with zero attached hydrogens (tertiary/aromatic N) is 2. The molecule has 2 heteroatoms. The van der Waals surface area contributed by atoms with Crippen molar-refractivity contribution in [1.82, 2.24) is 0 Å². The van der Waals surface area contributed by atoms with Crippen molar-refractivity contribution in [2.24, 2.45) is 9.98 Å². The molecule has 2 aromatic carbocycles. The fourth-order valence-corrected chi connectivity index (χ4v) is 3.78. The van der Waals surface area contributed by atoms with Crippen molar-refractivity contribution in [1.29, 1.82) is 0 Å². The minimum Gasteiger partial charge on any atom is -0.251 e. The molecule has 0 spiro atoms. The molecule has 2 aromatic rings. The Morgan fingerprint density at radius 1 is 0.500 bits per heavy atom. The first-order valence-corrected chi connectivity index (χ1v) is 11.4. The van der Waals surface area contributed by atoms with Crippen molar-refractivity contribution in [2.45, 2.75) is 92.9 Å². The molecule has 0 radical (unpaired) electrons. The van der Waals surface area contributed by atoms with Gasteiger partial charge in [-0.2, -0.15) is 0 Å². The van der Waals surface area contributed by atoms with Gasteiger partial charge in [0.15, 0.2) is 0 Å². The van der Waals surface area contributed by atoms with Crippen LogP contribution in [0, 0.1) is 0 Å². The Balaban J connectivity index is 2.63. The highest BCUT2D eigenvalue weighted by Gasteiger charge is 2.16. The summed E-state index contributed by atoms with van der Waals surface area (Å²) < 4.78 is 0. The van der Waals surface area contributed by atoms with Crippen LogP contribution in [0.5, 0.6) is 0 Å². The van der Waals surface area contributed by atoms with Crippen molar-refractivity contribution in [3.63, 3.8) is 0 Å². The lowest BCUT2D eigenvalue weighted by atomic mass is 9.92. The zero-order valence-corrected chi connectivity index (χ0v) is 20.7. The molecule has 0 amide bonds. The van der Waals surface area contributed by atoms with Gasteiger partial charge in [0, 0.05) is 0 Å². The molecule has 0 aliphatic carbocycles. The summed E-state index contributed by atoms with van der Waals surface area (Å²) in [4.78, 5) is 10.3. The Labute approximate surface area is 184 Å². The number of aliphatic imine (C=N–C) groups is 2. The molecule has 0 aliphatic heterocycles. The smallest absolute Gasteiger partial charge is 0.0702 e. The predicted octanol–water partition coefficient (Wildman–Crippen LogP) is 9.07. The highest BCUT2D eigenvalue weighted by Crippen LogP contribution is 2.36. The van der Waals surface area contributed by atoms with Gasteiger partial charge in [-0.05, 0) is 59.8 Å². The second kappa shape index (κ2) is 10.2. The van der Waals surface area contributed by atoms with E-state index in [0.29, 0.717) is 23.7 Å².